The summed E-state index contributed by atoms with van der Waals surface area (Å²) < 4.78 is 0. The van der Waals surface area contributed by atoms with Gasteiger partial charge in [-0.05, 0) is 44.6 Å². The molecular weight excluding hydrogens is 184 g/mol. The second-order valence-corrected chi connectivity index (χ2v) is 4.20. The summed E-state index contributed by atoms with van der Waals surface area (Å²) in [6, 6.07) is 0.572. The molecule has 0 aromatic heterocycles. The number of nitrogens with zero attached hydrogens (tertiary/aromatic N) is 1. The predicted molar refractivity (Wildman–Crippen MR) is 65.6 cm³/mol. The first-order valence-corrected chi connectivity index (χ1v) is 5.67. The van der Waals surface area contributed by atoms with Gasteiger partial charge in [-0.3, -0.25) is 0 Å². The maximum Gasteiger partial charge on any atom is 0.122 e. The third-order valence-corrected chi connectivity index (χ3v) is 2.92. The van der Waals surface area contributed by atoms with E-state index in [2.05, 4.69) is 23.2 Å². The number of nitrogens with one attached hydrogen (secondary N) is 1. The van der Waals surface area contributed by atoms with Gasteiger partial charge < -0.3 is 5.32 Å². The van der Waals surface area contributed by atoms with Gasteiger partial charge in [-0.2, -0.15) is 0 Å². The van der Waals surface area contributed by atoms with Crippen molar-refractivity contribution in [2.45, 2.75) is 45.6 Å². The molecule has 0 bridgehead atoms. The zero-order chi connectivity index (χ0) is 11.1. The van der Waals surface area contributed by atoms with E-state index in [0.717, 1.165) is 11.7 Å². The summed E-state index contributed by atoms with van der Waals surface area (Å²) in [7, 11) is 0. The maximum absolute atomic E-state index is 5.13. The molecule has 1 N–H and O–H groups in total. The van der Waals surface area contributed by atoms with Crippen LogP contribution < -0.4 is 5.32 Å². The van der Waals surface area contributed by atoms with Crippen molar-refractivity contribution in [3.8, 4) is 12.3 Å². The van der Waals surface area contributed by atoms with Crippen LogP contribution in [-0.2, 0) is 0 Å². The molecule has 1 aliphatic rings. The lowest BCUT2D eigenvalue weighted by molar-refractivity contribution is 0.320. The highest BCUT2D eigenvalue weighted by Crippen LogP contribution is 2.23. The molecule has 1 aliphatic carbocycles. The molecule has 2 heteroatoms. The number of aliphatic imine (C=N–C) groups is 1. The smallest absolute Gasteiger partial charge is 0.122 e. The summed E-state index contributed by atoms with van der Waals surface area (Å²) in [4.78, 5) is 4.16. The second kappa shape index (κ2) is 6.29. The van der Waals surface area contributed by atoms with Crippen molar-refractivity contribution in [2.24, 2.45) is 10.9 Å². The molecule has 0 atom stereocenters. The average Bonchev–Trinajstić information content (AvgIpc) is 2.27. The first-order chi connectivity index (χ1) is 7.26. The maximum atomic E-state index is 5.13. The van der Waals surface area contributed by atoms with Crippen LogP contribution in [0.4, 0.5) is 0 Å². The minimum absolute atomic E-state index is 0.572. The molecule has 0 aromatic carbocycles. The monoisotopic (exact) mass is 204 g/mol. The quantitative estimate of drug-likeness (QED) is 0.555. The molecule has 2 nitrogen and oxygen atoms in total. The van der Waals surface area contributed by atoms with Crippen molar-refractivity contribution in [1.29, 1.82) is 0 Å². The summed E-state index contributed by atoms with van der Waals surface area (Å²) >= 11 is 0. The van der Waals surface area contributed by atoms with Crippen molar-refractivity contribution in [3.63, 3.8) is 0 Å². The Morgan fingerprint density at radius 2 is 2.07 bits per heavy atom. The van der Waals surface area contributed by atoms with Crippen molar-refractivity contribution in [1.82, 2.24) is 5.32 Å². The van der Waals surface area contributed by atoms with E-state index >= 15 is 0 Å². The third kappa shape index (κ3) is 4.20. The second-order valence-electron chi connectivity index (χ2n) is 4.20. The minimum atomic E-state index is 0.572. The molecule has 0 heterocycles. The Kier molecular flexibility index (Phi) is 4.97. The van der Waals surface area contributed by atoms with Crippen molar-refractivity contribution in [3.05, 3.63) is 11.9 Å². The van der Waals surface area contributed by atoms with E-state index in [1.54, 1.807) is 0 Å². The highest BCUT2D eigenvalue weighted by atomic mass is 15.0. The van der Waals surface area contributed by atoms with Gasteiger partial charge >= 0.3 is 0 Å². The SMILES string of the molecule is C#C/C=N\C(=C/C)N[C@H]1CC[C@H](C)CC1. The third-order valence-electron chi connectivity index (χ3n) is 2.92. The summed E-state index contributed by atoms with van der Waals surface area (Å²) in [5.74, 6) is 4.18. The van der Waals surface area contributed by atoms with Crippen molar-refractivity contribution in [2.75, 3.05) is 0 Å². The molecule has 0 spiro atoms. The Morgan fingerprint density at radius 3 is 2.60 bits per heavy atom. The highest BCUT2D eigenvalue weighted by molar-refractivity contribution is 5.78. The molecule has 0 radical (unpaired) electrons. The van der Waals surface area contributed by atoms with Gasteiger partial charge in [0.05, 0.1) is 6.21 Å². The first-order valence-electron chi connectivity index (χ1n) is 5.67. The van der Waals surface area contributed by atoms with E-state index in [4.69, 9.17) is 6.42 Å². The fourth-order valence-corrected chi connectivity index (χ4v) is 1.92. The van der Waals surface area contributed by atoms with Crippen LogP contribution in [0.1, 0.15) is 39.5 Å². The molecule has 82 valence electrons. The lowest BCUT2D eigenvalue weighted by Gasteiger charge is -2.27. The predicted octanol–water partition coefficient (Wildman–Crippen LogP) is 2.72. The van der Waals surface area contributed by atoms with Crippen LogP contribution in [0, 0.1) is 18.3 Å². The lowest BCUT2D eigenvalue weighted by Crippen LogP contribution is -2.31. The van der Waals surface area contributed by atoms with Crippen molar-refractivity contribution >= 4 is 6.21 Å². The summed E-state index contributed by atoms with van der Waals surface area (Å²) in [5.41, 5.74) is 0. The van der Waals surface area contributed by atoms with E-state index in [0.29, 0.717) is 6.04 Å². The molecule has 0 unspecified atom stereocenters. The van der Waals surface area contributed by atoms with Crippen LogP contribution in [0.5, 0.6) is 0 Å². The van der Waals surface area contributed by atoms with E-state index < -0.39 is 0 Å². The number of hydrogen-bond donors (Lipinski definition) is 1. The topological polar surface area (TPSA) is 24.4 Å². The van der Waals surface area contributed by atoms with Gasteiger partial charge in [0.1, 0.15) is 5.82 Å². The number of terminal acetylenes is 1. The molecule has 0 aliphatic heterocycles. The highest BCUT2D eigenvalue weighted by Gasteiger charge is 2.17. The summed E-state index contributed by atoms with van der Waals surface area (Å²) in [5, 5.41) is 3.43. The Hall–Kier alpha value is -1.23. The van der Waals surface area contributed by atoms with E-state index in [9.17, 15) is 0 Å². The van der Waals surface area contributed by atoms with Crippen LogP contribution in [-0.4, -0.2) is 12.3 Å². The van der Waals surface area contributed by atoms with Gasteiger partial charge in [-0.25, -0.2) is 4.99 Å². The zero-order valence-electron chi connectivity index (χ0n) is 9.66. The summed E-state index contributed by atoms with van der Waals surface area (Å²) in [6.45, 7) is 4.30. The molecular formula is C13H20N2. The minimum Gasteiger partial charge on any atom is -0.368 e. The average molecular weight is 204 g/mol. The van der Waals surface area contributed by atoms with Crippen molar-refractivity contribution < 1.29 is 0 Å². The Bertz CT molecular complexity index is 275. The van der Waals surface area contributed by atoms with Gasteiger partial charge in [0, 0.05) is 6.04 Å². The number of allylic oxidation sites excluding steroid dienone is 1. The molecule has 0 amide bonds. The van der Waals surface area contributed by atoms with Crippen LogP contribution in [0.25, 0.3) is 0 Å². The Morgan fingerprint density at radius 1 is 1.40 bits per heavy atom. The van der Waals surface area contributed by atoms with Gasteiger partial charge in [0.25, 0.3) is 0 Å². The molecule has 1 fully saturated rings. The largest absolute Gasteiger partial charge is 0.368 e. The molecule has 1 saturated carbocycles. The van der Waals surface area contributed by atoms with E-state index in [1.807, 2.05) is 13.0 Å². The van der Waals surface area contributed by atoms with Crippen LogP contribution >= 0.6 is 0 Å². The van der Waals surface area contributed by atoms with E-state index in [1.165, 1.54) is 31.9 Å². The first kappa shape index (κ1) is 11.8. The van der Waals surface area contributed by atoms with Crippen LogP contribution in [0.15, 0.2) is 16.9 Å². The zero-order valence-corrected chi connectivity index (χ0v) is 9.66. The van der Waals surface area contributed by atoms with Gasteiger partial charge in [-0.15, -0.1) is 6.42 Å². The molecule has 15 heavy (non-hydrogen) atoms. The summed E-state index contributed by atoms with van der Waals surface area (Å²) in [6.07, 6.45) is 13.7. The Balaban J connectivity index is 2.40. The number of hydrogen-bond acceptors (Lipinski definition) is 2. The van der Waals surface area contributed by atoms with Crippen LogP contribution in [0.3, 0.4) is 0 Å². The Labute approximate surface area is 92.9 Å². The fourth-order valence-electron chi connectivity index (χ4n) is 1.92. The van der Waals surface area contributed by atoms with Gasteiger partial charge in [0.15, 0.2) is 0 Å². The number of rotatable bonds is 3. The van der Waals surface area contributed by atoms with Gasteiger partial charge in [-0.1, -0.05) is 12.8 Å². The normalized spacial score (nSPS) is 27.7. The fraction of sp³-hybridized carbons (Fsp3) is 0.615. The lowest BCUT2D eigenvalue weighted by atomic mass is 9.87. The molecule has 1 rings (SSSR count). The molecule has 0 saturated heterocycles. The standard InChI is InChI=1S/C13H20N2/c1-4-10-14-13(5-2)15-12-8-6-11(3)7-9-12/h1,5,10-12,15H,6-9H2,2-3H3/b13-5+,14-10-/t11-,12-. The van der Waals surface area contributed by atoms with Gasteiger partial charge in [0.2, 0.25) is 0 Å². The molecule has 0 aromatic rings. The van der Waals surface area contributed by atoms with Crippen LogP contribution in [0.2, 0.25) is 0 Å². The van der Waals surface area contributed by atoms with E-state index in [-0.39, 0.29) is 0 Å².